The van der Waals surface area contributed by atoms with E-state index in [1.165, 1.54) is 6.42 Å². The van der Waals surface area contributed by atoms with Crippen LogP contribution < -0.4 is 0 Å². The minimum absolute atomic E-state index is 0.644. The smallest absolute Gasteiger partial charge is 0.00140 e. The van der Waals surface area contributed by atoms with Gasteiger partial charge in [0.15, 0.2) is 0 Å². The molecule has 1 saturated carbocycles. The molecule has 0 radical (unpaired) electrons. The highest BCUT2D eigenvalue weighted by atomic mass is 14.4. The molecule has 0 aliphatic heterocycles. The van der Waals surface area contributed by atoms with Crippen molar-refractivity contribution in [1.29, 1.82) is 5.41 Å². The molecule has 1 aliphatic carbocycles. The minimum atomic E-state index is 0.644. The van der Waals surface area contributed by atoms with Crippen LogP contribution in [0.15, 0.2) is 0 Å². The summed E-state index contributed by atoms with van der Waals surface area (Å²) in [6.07, 6.45) is 2.80. The van der Waals surface area contributed by atoms with Crippen molar-refractivity contribution in [3.05, 3.63) is 0 Å². The Labute approximate surface area is 37.9 Å². The van der Waals surface area contributed by atoms with Gasteiger partial charge in [0, 0.05) is 0 Å². The third-order valence-electron chi connectivity index (χ3n) is 1.39. The van der Waals surface area contributed by atoms with Gasteiger partial charge in [-0.15, -0.1) is 0 Å². The normalized spacial score (nSPS) is 42.2. The van der Waals surface area contributed by atoms with Crippen molar-refractivity contribution in [3.63, 3.8) is 0 Å². The van der Waals surface area contributed by atoms with Crippen LogP contribution >= 0.6 is 0 Å². The summed E-state index contributed by atoms with van der Waals surface area (Å²) in [6.45, 7) is 2.18. The van der Waals surface area contributed by atoms with Crippen LogP contribution in [0.1, 0.15) is 13.3 Å². The number of nitrogens with one attached hydrogen (secondary N) is 1. The first kappa shape index (κ1) is 3.85. The van der Waals surface area contributed by atoms with E-state index in [-0.39, 0.29) is 0 Å². The first-order valence-corrected chi connectivity index (χ1v) is 2.35. The zero-order chi connectivity index (χ0) is 4.57. The highest BCUT2D eigenvalue weighted by molar-refractivity contribution is 5.60. The maximum Gasteiger partial charge on any atom is -0.00140 e. The third kappa shape index (κ3) is 0.445. The Morgan fingerprint density at radius 3 is 2.33 bits per heavy atom. The SMILES string of the molecule is CC1C[C@H]1C=N. The van der Waals surface area contributed by atoms with Crippen LogP contribution in [0, 0.1) is 17.2 Å². The molecule has 6 heavy (non-hydrogen) atoms. The minimum Gasteiger partial charge on any atom is -0.313 e. The first-order chi connectivity index (χ1) is 2.84. The maximum absolute atomic E-state index is 6.73. The Bertz CT molecular complexity index is 68.3. The summed E-state index contributed by atoms with van der Waals surface area (Å²) in [5.74, 6) is 1.47. The molecule has 1 rings (SSSR count). The number of hydrogen-bond acceptors (Lipinski definition) is 1. The van der Waals surface area contributed by atoms with Crippen molar-refractivity contribution in [2.75, 3.05) is 0 Å². The molecule has 0 amide bonds. The van der Waals surface area contributed by atoms with Gasteiger partial charge in [0.2, 0.25) is 0 Å². The second-order valence-electron chi connectivity index (χ2n) is 2.04. The Hall–Kier alpha value is -0.330. The fourth-order valence-corrected chi connectivity index (χ4v) is 0.583. The van der Waals surface area contributed by atoms with E-state index in [1.54, 1.807) is 6.21 Å². The molecule has 1 unspecified atom stereocenters. The van der Waals surface area contributed by atoms with Gasteiger partial charge in [-0.3, -0.25) is 0 Å². The Balaban J connectivity index is 2.25. The lowest BCUT2D eigenvalue weighted by Crippen LogP contribution is -1.72. The zero-order valence-corrected chi connectivity index (χ0v) is 3.94. The molecule has 0 aromatic rings. The van der Waals surface area contributed by atoms with Gasteiger partial charge in [-0.2, -0.15) is 0 Å². The van der Waals surface area contributed by atoms with Crippen LogP contribution in [0.2, 0.25) is 0 Å². The zero-order valence-electron chi connectivity index (χ0n) is 3.94. The monoisotopic (exact) mass is 83.1 g/mol. The van der Waals surface area contributed by atoms with Crippen LogP contribution in [0.3, 0.4) is 0 Å². The molecule has 34 valence electrons. The average molecular weight is 83.1 g/mol. The topological polar surface area (TPSA) is 23.9 Å². The molecular formula is C5H9N. The molecule has 0 spiro atoms. The third-order valence-corrected chi connectivity index (χ3v) is 1.39. The fourth-order valence-electron chi connectivity index (χ4n) is 0.583. The van der Waals surface area contributed by atoms with Crippen LogP contribution in [0.5, 0.6) is 0 Å². The Morgan fingerprint density at radius 2 is 2.33 bits per heavy atom. The number of hydrogen-bond donors (Lipinski definition) is 1. The quantitative estimate of drug-likeness (QED) is 0.462. The summed E-state index contributed by atoms with van der Waals surface area (Å²) < 4.78 is 0. The predicted octanol–water partition coefficient (Wildman–Crippen LogP) is 1.29. The lowest BCUT2D eigenvalue weighted by Gasteiger charge is -1.70. The van der Waals surface area contributed by atoms with Gasteiger partial charge in [0.1, 0.15) is 0 Å². The molecule has 0 saturated heterocycles. The van der Waals surface area contributed by atoms with E-state index >= 15 is 0 Å². The van der Waals surface area contributed by atoms with Gasteiger partial charge in [0.25, 0.3) is 0 Å². The van der Waals surface area contributed by atoms with E-state index in [9.17, 15) is 0 Å². The van der Waals surface area contributed by atoms with E-state index in [2.05, 4.69) is 6.92 Å². The second-order valence-corrected chi connectivity index (χ2v) is 2.04. The summed E-state index contributed by atoms with van der Waals surface area (Å²) in [4.78, 5) is 0. The van der Waals surface area contributed by atoms with Gasteiger partial charge in [-0.1, -0.05) is 6.92 Å². The largest absolute Gasteiger partial charge is 0.313 e. The van der Waals surface area contributed by atoms with Crippen LogP contribution in [0.4, 0.5) is 0 Å². The van der Waals surface area contributed by atoms with Crippen molar-refractivity contribution in [2.24, 2.45) is 11.8 Å². The van der Waals surface area contributed by atoms with E-state index < -0.39 is 0 Å². The molecule has 0 aromatic heterocycles. The van der Waals surface area contributed by atoms with Crippen molar-refractivity contribution in [3.8, 4) is 0 Å². The lowest BCUT2D eigenvalue weighted by atomic mass is 10.4. The summed E-state index contributed by atoms with van der Waals surface area (Å²) >= 11 is 0. The predicted molar refractivity (Wildman–Crippen MR) is 26.1 cm³/mol. The van der Waals surface area contributed by atoms with E-state index in [4.69, 9.17) is 5.41 Å². The molecule has 1 N–H and O–H groups in total. The molecule has 2 atom stereocenters. The summed E-state index contributed by atoms with van der Waals surface area (Å²) in [5, 5.41) is 6.73. The lowest BCUT2D eigenvalue weighted by molar-refractivity contribution is 0.932. The molecule has 0 aromatic carbocycles. The molecule has 1 fully saturated rings. The molecular weight excluding hydrogens is 74.1 g/mol. The van der Waals surface area contributed by atoms with Gasteiger partial charge in [-0.05, 0) is 24.5 Å². The average Bonchev–Trinajstić information content (AvgIpc) is 2.19. The number of rotatable bonds is 1. The molecule has 0 bridgehead atoms. The van der Waals surface area contributed by atoms with Gasteiger partial charge in [0.05, 0.1) is 0 Å². The summed E-state index contributed by atoms with van der Waals surface area (Å²) in [7, 11) is 0. The van der Waals surface area contributed by atoms with E-state index in [0.717, 1.165) is 5.92 Å². The Morgan fingerprint density at radius 1 is 1.83 bits per heavy atom. The highest BCUT2D eigenvalue weighted by Crippen LogP contribution is 2.35. The van der Waals surface area contributed by atoms with Crippen LogP contribution in [-0.4, -0.2) is 6.21 Å². The van der Waals surface area contributed by atoms with Crippen LogP contribution in [0.25, 0.3) is 0 Å². The van der Waals surface area contributed by atoms with Crippen LogP contribution in [-0.2, 0) is 0 Å². The second kappa shape index (κ2) is 1.07. The van der Waals surface area contributed by atoms with Crippen molar-refractivity contribution in [1.82, 2.24) is 0 Å². The van der Waals surface area contributed by atoms with Crippen molar-refractivity contribution < 1.29 is 0 Å². The summed E-state index contributed by atoms with van der Waals surface area (Å²) in [6, 6.07) is 0. The standard InChI is InChI=1S/C5H9N/c1-4-2-5(4)3-6/h3-6H,2H2,1H3/t4?,5-/m0/s1. The van der Waals surface area contributed by atoms with Gasteiger partial charge < -0.3 is 5.41 Å². The van der Waals surface area contributed by atoms with Gasteiger partial charge in [-0.25, -0.2) is 0 Å². The van der Waals surface area contributed by atoms with Crippen molar-refractivity contribution >= 4 is 6.21 Å². The molecule has 1 aliphatic rings. The highest BCUT2D eigenvalue weighted by Gasteiger charge is 2.29. The maximum atomic E-state index is 6.73. The van der Waals surface area contributed by atoms with E-state index in [1.807, 2.05) is 0 Å². The fraction of sp³-hybridized carbons (Fsp3) is 0.800. The van der Waals surface area contributed by atoms with Crippen molar-refractivity contribution in [2.45, 2.75) is 13.3 Å². The van der Waals surface area contributed by atoms with E-state index in [0.29, 0.717) is 5.92 Å². The molecule has 1 heteroatoms. The Kier molecular flexibility index (Phi) is 0.685. The molecule has 1 nitrogen and oxygen atoms in total. The van der Waals surface area contributed by atoms with Gasteiger partial charge >= 0.3 is 0 Å². The first-order valence-electron chi connectivity index (χ1n) is 2.35. The molecule has 0 heterocycles. The summed E-state index contributed by atoms with van der Waals surface area (Å²) in [5.41, 5.74) is 0.